The van der Waals surface area contributed by atoms with E-state index in [0.717, 1.165) is 5.56 Å². The zero-order valence-electron chi connectivity index (χ0n) is 14.8. The van der Waals surface area contributed by atoms with Crippen molar-refractivity contribution in [3.05, 3.63) is 94.0 Å². The molecule has 3 aromatic carbocycles. The van der Waals surface area contributed by atoms with Crippen molar-refractivity contribution in [3.63, 3.8) is 0 Å². The van der Waals surface area contributed by atoms with Gasteiger partial charge >= 0.3 is 10.1 Å². The summed E-state index contributed by atoms with van der Waals surface area (Å²) in [5.41, 5.74) is 4.42. The molecule has 1 N–H and O–H groups in total. The van der Waals surface area contributed by atoms with Crippen molar-refractivity contribution >= 4 is 44.8 Å². The van der Waals surface area contributed by atoms with Crippen LogP contribution in [0.5, 0.6) is 0 Å². The summed E-state index contributed by atoms with van der Waals surface area (Å²) in [5, 5.41) is 0.792. The molecule has 0 radical (unpaired) electrons. The van der Waals surface area contributed by atoms with Crippen LogP contribution in [0.3, 0.4) is 0 Å². The molecule has 28 heavy (non-hydrogen) atoms. The van der Waals surface area contributed by atoms with Gasteiger partial charge in [-0.05, 0) is 37.3 Å². The minimum atomic E-state index is -4.04. The molecule has 0 heterocycles. The molecule has 0 unspecified atom stereocenters. The number of hydroxylamine groups is 1. The van der Waals surface area contributed by atoms with Crippen molar-refractivity contribution in [1.82, 2.24) is 5.48 Å². The van der Waals surface area contributed by atoms with Gasteiger partial charge in [-0.25, -0.2) is 10.5 Å². The Morgan fingerprint density at radius 3 is 2.29 bits per heavy atom. The molecule has 0 aliphatic carbocycles. The summed E-state index contributed by atoms with van der Waals surface area (Å²) in [6.07, 6.45) is 0. The van der Waals surface area contributed by atoms with Crippen LogP contribution in [0.2, 0.25) is 10.0 Å². The Morgan fingerprint density at radius 1 is 0.964 bits per heavy atom. The third-order valence-corrected chi connectivity index (χ3v) is 5.44. The number of benzene rings is 3. The Balaban J connectivity index is 1.92. The van der Waals surface area contributed by atoms with E-state index in [0.29, 0.717) is 21.3 Å². The quantitative estimate of drug-likeness (QED) is 0.336. The number of rotatable bonds is 5. The van der Waals surface area contributed by atoms with Gasteiger partial charge < -0.3 is 0 Å². The van der Waals surface area contributed by atoms with Crippen LogP contribution in [-0.4, -0.2) is 14.3 Å². The molecule has 3 rings (SSSR count). The van der Waals surface area contributed by atoms with E-state index in [1.807, 2.05) is 13.0 Å². The molecular weight excluding hydrogens is 419 g/mol. The molecule has 0 saturated heterocycles. The molecule has 3 aromatic rings. The Kier molecular flexibility index (Phi) is 6.36. The molecule has 0 aromatic heterocycles. The molecule has 0 atom stereocenters. The number of halogens is 2. The molecule has 0 amide bonds. The molecule has 0 saturated carbocycles. The lowest BCUT2D eigenvalue weighted by atomic mass is 10.2. The van der Waals surface area contributed by atoms with Crippen LogP contribution in [-0.2, 0) is 14.4 Å². The van der Waals surface area contributed by atoms with Crippen LogP contribution < -0.4 is 5.48 Å². The van der Waals surface area contributed by atoms with Crippen LogP contribution in [0.25, 0.3) is 0 Å². The molecular formula is C20H16Cl2N2O3S. The van der Waals surface area contributed by atoms with Gasteiger partial charge in [0.15, 0.2) is 5.84 Å². The first-order valence-corrected chi connectivity index (χ1v) is 10.4. The van der Waals surface area contributed by atoms with Crippen molar-refractivity contribution in [2.75, 3.05) is 0 Å². The van der Waals surface area contributed by atoms with Crippen LogP contribution in [0, 0.1) is 6.92 Å². The number of hydrogen-bond donors (Lipinski definition) is 1. The normalized spacial score (nSPS) is 12.0. The standard InChI is InChI=1S/C20H16Cl2N2O3S/c1-14-7-10-17(11-8-14)28(25,26)27-24-20(15-5-3-2-4-6-15)23-19-12-9-16(21)13-18(19)22/h2-13H,1H3,(H,23,24). The van der Waals surface area contributed by atoms with Gasteiger partial charge in [-0.15, -0.1) is 4.28 Å². The molecule has 0 aliphatic heterocycles. The Labute approximate surface area is 173 Å². The highest BCUT2D eigenvalue weighted by Gasteiger charge is 2.17. The fourth-order valence-electron chi connectivity index (χ4n) is 2.28. The molecule has 0 fully saturated rings. The third-order valence-electron chi connectivity index (χ3n) is 3.75. The average Bonchev–Trinajstić information content (AvgIpc) is 2.68. The zero-order chi connectivity index (χ0) is 20.1. The largest absolute Gasteiger partial charge is 0.317 e. The van der Waals surface area contributed by atoms with Gasteiger partial charge in [0.25, 0.3) is 0 Å². The first kappa shape index (κ1) is 20.4. The van der Waals surface area contributed by atoms with Gasteiger partial charge in [0, 0.05) is 10.6 Å². The van der Waals surface area contributed by atoms with E-state index in [-0.39, 0.29) is 10.7 Å². The van der Waals surface area contributed by atoms with E-state index in [1.165, 1.54) is 12.1 Å². The van der Waals surface area contributed by atoms with Gasteiger partial charge in [-0.2, -0.15) is 8.42 Å². The molecule has 5 nitrogen and oxygen atoms in total. The molecule has 8 heteroatoms. The predicted octanol–water partition coefficient (Wildman–Crippen LogP) is 5.29. The number of nitrogens with one attached hydrogen (secondary N) is 1. The second kappa shape index (κ2) is 8.75. The SMILES string of the molecule is Cc1ccc(S(=O)(=O)ONC(=Nc2ccc(Cl)cc2Cl)c2ccccc2)cc1. The smallest absolute Gasteiger partial charge is 0.230 e. The van der Waals surface area contributed by atoms with Crippen LogP contribution in [0.4, 0.5) is 5.69 Å². The van der Waals surface area contributed by atoms with E-state index < -0.39 is 10.1 Å². The highest BCUT2D eigenvalue weighted by atomic mass is 35.5. The Hall–Kier alpha value is -2.38. The maximum Gasteiger partial charge on any atom is 0.317 e. The van der Waals surface area contributed by atoms with Crippen LogP contribution in [0.1, 0.15) is 11.1 Å². The highest BCUT2D eigenvalue weighted by molar-refractivity contribution is 7.86. The summed E-state index contributed by atoms with van der Waals surface area (Å²) >= 11 is 12.1. The number of hydrogen-bond acceptors (Lipinski definition) is 4. The maximum absolute atomic E-state index is 12.5. The first-order valence-electron chi connectivity index (χ1n) is 8.20. The maximum atomic E-state index is 12.5. The number of amidine groups is 1. The van der Waals surface area contributed by atoms with E-state index >= 15 is 0 Å². The number of aryl methyl sites for hydroxylation is 1. The molecule has 0 bridgehead atoms. The van der Waals surface area contributed by atoms with Crippen molar-refractivity contribution in [2.24, 2.45) is 4.99 Å². The monoisotopic (exact) mass is 434 g/mol. The predicted molar refractivity (Wildman–Crippen MR) is 112 cm³/mol. The zero-order valence-corrected chi connectivity index (χ0v) is 17.1. The van der Waals surface area contributed by atoms with Crippen LogP contribution >= 0.6 is 23.2 Å². The van der Waals surface area contributed by atoms with Crippen molar-refractivity contribution < 1.29 is 12.7 Å². The summed E-state index contributed by atoms with van der Waals surface area (Å²) < 4.78 is 30.0. The summed E-state index contributed by atoms with van der Waals surface area (Å²) in [5.74, 6) is 0.181. The molecule has 0 spiro atoms. The van der Waals surface area contributed by atoms with E-state index in [4.69, 9.17) is 27.5 Å². The summed E-state index contributed by atoms with van der Waals surface area (Å²) in [6, 6.07) is 20.1. The third kappa shape index (κ3) is 5.11. The fraction of sp³-hybridized carbons (Fsp3) is 0.0500. The fourth-order valence-corrected chi connectivity index (χ4v) is 3.49. The topological polar surface area (TPSA) is 67.8 Å². The lowest BCUT2D eigenvalue weighted by molar-refractivity contribution is 0.268. The average molecular weight is 435 g/mol. The van der Waals surface area contributed by atoms with E-state index in [9.17, 15) is 8.42 Å². The number of nitrogens with zero attached hydrogens (tertiary/aromatic N) is 1. The second-order valence-electron chi connectivity index (χ2n) is 5.87. The van der Waals surface area contributed by atoms with Gasteiger partial charge in [0.1, 0.15) is 0 Å². The summed E-state index contributed by atoms with van der Waals surface area (Å²) in [7, 11) is -4.04. The minimum absolute atomic E-state index is 0.0301. The lowest BCUT2D eigenvalue weighted by Gasteiger charge is -2.11. The van der Waals surface area contributed by atoms with Crippen molar-refractivity contribution in [2.45, 2.75) is 11.8 Å². The van der Waals surface area contributed by atoms with Gasteiger partial charge in [0.2, 0.25) is 0 Å². The summed E-state index contributed by atoms with van der Waals surface area (Å²) in [4.78, 5) is 4.44. The minimum Gasteiger partial charge on any atom is -0.230 e. The van der Waals surface area contributed by atoms with Gasteiger partial charge in [-0.1, -0.05) is 71.2 Å². The lowest BCUT2D eigenvalue weighted by Crippen LogP contribution is -2.28. The molecule has 144 valence electrons. The highest BCUT2D eigenvalue weighted by Crippen LogP contribution is 2.28. The summed E-state index contributed by atoms with van der Waals surface area (Å²) in [6.45, 7) is 1.87. The van der Waals surface area contributed by atoms with E-state index in [1.54, 1.807) is 54.6 Å². The van der Waals surface area contributed by atoms with Gasteiger partial charge in [0.05, 0.1) is 15.6 Å². The second-order valence-corrected chi connectivity index (χ2v) is 8.26. The number of aliphatic imine (C=N–C) groups is 1. The van der Waals surface area contributed by atoms with Crippen molar-refractivity contribution in [1.29, 1.82) is 0 Å². The molecule has 0 aliphatic rings. The van der Waals surface area contributed by atoms with Crippen LogP contribution in [0.15, 0.2) is 82.7 Å². The van der Waals surface area contributed by atoms with E-state index in [2.05, 4.69) is 10.5 Å². The van der Waals surface area contributed by atoms with Gasteiger partial charge in [-0.3, -0.25) is 0 Å². The van der Waals surface area contributed by atoms with Crippen molar-refractivity contribution in [3.8, 4) is 0 Å². The first-order chi connectivity index (χ1) is 13.3. The Morgan fingerprint density at radius 2 is 1.64 bits per heavy atom. The Bertz CT molecular complexity index is 1100.